The van der Waals surface area contributed by atoms with E-state index in [9.17, 15) is 14.4 Å². The van der Waals surface area contributed by atoms with Gasteiger partial charge in [0, 0.05) is 26.1 Å². The predicted octanol–water partition coefficient (Wildman–Crippen LogP) is 3.78. The first-order valence-electron chi connectivity index (χ1n) is 9.47. The van der Waals surface area contributed by atoms with Crippen molar-refractivity contribution in [3.05, 3.63) is 0 Å². The second kappa shape index (κ2) is 11.7. The van der Waals surface area contributed by atoms with Crippen LogP contribution < -0.4 is 5.32 Å². The van der Waals surface area contributed by atoms with E-state index in [1.165, 1.54) is 0 Å². The monoisotopic (exact) mass is 388 g/mol. The van der Waals surface area contributed by atoms with Crippen LogP contribution in [-0.4, -0.2) is 59.0 Å². The molecule has 27 heavy (non-hydrogen) atoms. The molecule has 0 aliphatic rings. The van der Waals surface area contributed by atoms with Gasteiger partial charge < -0.3 is 24.8 Å². The minimum absolute atomic E-state index is 0.131. The molecule has 0 rings (SSSR count). The van der Waals surface area contributed by atoms with Gasteiger partial charge in [0.2, 0.25) is 0 Å². The summed E-state index contributed by atoms with van der Waals surface area (Å²) >= 11 is 0. The summed E-state index contributed by atoms with van der Waals surface area (Å²) in [5, 5.41) is 11.3. The van der Waals surface area contributed by atoms with Gasteiger partial charge in [0.1, 0.15) is 11.2 Å². The molecular formula is C19H36N2O6. The number of alkyl carbamates (subject to hydrolysis) is 1. The van der Waals surface area contributed by atoms with Crippen molar-refractivity contribution in [2.24, 2.45) is 0 Å². The number of carboxylic acid groups (broad SMARTS) is 1. The highest BCUT2D eigenvalue weighted by molar-refractivity contribution is 5.68. The number of nitrogens with one attached hydrogen (secondary N) is 1. The average Bonchev–Trinajstić information content (AvgIpc) is 2.44. The zero-order valence-electron chi connectivity index (χ0n) is 17.6. The third kappa shape index (κ3) is 15.9. The molecule has 0 unspecified atom stereocenters. The summed E-state index contributed by atoms with van der Waals surface area (Å²) in [6.45, 7) is 12.1. The molecule has 0 aromatic rings. The standard InChI is InChI=1S/C19H36N2O6/c1-18(2,3)26-16(24)20-12-10-14-21(17(25)27-19(4,5)6)13-9-7-8-11-15(22)23/h7-14H2,1-6H3,(H,20,24)(H,22,23). The maximum Gasteiger partial charge on any atom is 0.410 e. The fraction of sp³-hybridized carbons (Fsp3) is 0.842. The second-order valence-corrected chi connectivity index (χ2v) is 8.45. The van der Waals surface area contributed by atoms with Crippen LogP contribution in [0.1, 0.15) is 73.6 Å². The lowest BCUT2D eigenvalue weighted by Crippen LogP contribution is -2.39. The van der Waals surface area contributed by atoms with Gasteiger partial charge in [-0.15, -0.1) is 0 Å². The van der Waals surface area contributed by atoms with Crippen LogP contribution >= 0.6 is 0 Å². The molecular weight excluding hydrogens is 352 g/mol. The first-order valence-corrected chi connectivity index (χ1v) is 9.47. The van der Waals surface area contributed by atoms with E-state index >= 15 is 0 Å². The molecule has 0 aromatic heterocycles. The Morgan fingerprint density at radius 1 is 0.852 bits per heavy atom. The first-order chi connectivity index (χ1) is 12.3. The summed E-state index contributed by atoms with van der Waals surface area (Å²) < 4.78 is 10.6. The van der Waals surface area contributed by atoms with Crippen molar-refractivity contribution >= 4 is 18.2 Å². The van der Waals surface area contributed by atoms with Crippen LogP contribution in [-0.2, 0) is 14.3 Å². The van der Waals surface area contributed by atoms with Gasteiger partial charge in [-0.2, -0.15) is 0 Å². The molecule has 0 fully saturated rings. The number of carbonyl (C=O) groups excluding carboxylic acids is 2. The van der Waals surface area contributed by atoms with Gasteiger partial charge in [-0.25, -0.2) is 9.59 Å². The summed E-state index contributed by atoms with van der Waals surface area (Å²) in [4.78, 5) is 36.1. The van der Waals surface area contributed by atoms with E-state index < -0.39 is 29.4 Å². The molecule has 8 heteroatoms. The van der Waals surface area contributed by atoms with E-state index in [2.05, 4.69) is 5.32 Å². The van der Waals surface area contributed by atoms with E-state index in [1.807, 2.05) is 0 Å². The van der Waals surface area contributed by atoms with E-state index in [1.54, 1.807) is 46.4 Å². The van der Waals surface area contributed by atoms with E-state index in [0.717, 1.165) is 6.42 Å². The maximum atomic E-state index is 12.3. The molecule has 158 valence electrons. The van der Waals surface area contributed by atoms with Crippen molar-refractivity contribution in [1.29, 1.82) is 0 Å². The molecule has 0 spiro atoms. The normalized spacial score (nSPS) is 11.6. The molecule has 2 N–H and O–H groups in total. The Kier molecular flexibility index (Phi) is 10.8. The van der Waals surface area contributed by atoms with Crippen LogP contribution in [0.4, 0.5) is 9.59 Å². The third-order valence-corrected chi connectivity index (χ3v) is 3.24. The van der Waals surface area contributed by atoms with Gasteiger partial charge in [0.15, 0.2) is 0 Å². The third-order valence-electron chi connectivity index (χ3n) is 3.24. The molecule has 0 saturated carbocycles. The van der Waals surface area contributed by atoms with Gasteiger partial charge in [-0.3, -0.25) is 4.79 Å². The highest BCUT2D eigenvalue weighted by Gasteiger charge is 2.22. The molecule has 0 aliphatic carbocycles. The van der Waals surface area contributed by atoms with Crippen LogP contribution in [0.2, 0.25) is 0 Å². The lowest BCUT2D eigenvalue weighted by Gasteiger charge is -2.27. The number of carbonyl (C=O) groups is 3. The van der Waals surface area contributed by atoms with Crippen molar-refractivity contribution in [3.63, 3.8) is 0 Å². The Hall–Kier alpha value is -1.99. The molecule has 0 aromatic carbocycles. The zero-order valence-corrected chi connectivity index (χ0v) is 17.6. The SMILES string of the molecule is CC(C)(C)OC(=O)NCCCN(CCCCCC(=O)O)C(=O)OC(C)(C)C. The molecule has 0 saturated heterocycles. The van der Waals surface area contributed by atoms with Gasteiger partial charge in [0.05, 0.1) is 0 Å². The molecule has 0 atom stereocenters. The smallest absolute Gasteiger partial charge is 0.410 e. The Balaban J connectivity index is 4.38. The van der Waals surface area contributed by atoms with Crippen LogP contribution in [0.3, 0.4) is 0 Å². The van der Waals surface area contributed by atoms with Crippen molar-refractivity contribution < 1.29 is 29.0 Å². The Morgan fingerprint density at radius 2 is 1.41 bits per heavy atom. The number of carboxylic acids is 1. The van der Waals surface area contributed by atoms with Crippen molar-refractivity contribution in [2.45, 2.75) is 84.8 Å². The Bertz CT molecular complexity index is 480. The highest BCUT2D eigenvalue weighted by atomic mass is 16.6. The van der Waals surface area contributed by atoms with Gasteiger partial charge in [-0.1, -0.05) is 6.42 Å². The number of hydrogen-bond acceptors (Lipinski definition) is 5. The lowest BCUT2D eigenvalue weighted by molar-refractivity contribution is -0.137. The predicted molar refractivity (Wildman–Crippen MR) is 103 cm³/mol. The molecule has 2 amide bonds. The Labute approximate surface area is 162 Å². The summed E-state index contributed by atoms with van der Waals surface area (Å²) in [5.41, 5.74) is -1.14. The number of unbranched alkanes of at least 4 members (excludes halogenated alkanes) is 2. The number of nitrogens with zero attached hydrogens (tertiary/aromatic N) is 1. The topological polar surface area (TPSA) is 105 Å². The quantitative estimate of drug-likeness (QED) is 0.552. The van der Waals surface area contributed by atoms with Gasteiger partial charge in [-0.05, 0) is 60.8 Å². The fourth-order valence-electron chi connectivity index (χ4n) is 2.15. The number of hydrogen-bond donors (Lipinski definition) is 2. The number of amides is 2. The number of aliphatic carboxylic acids is 1. The summed E-state index contributed by atoms with van der Waals surface area (Å²) in [6, 6.07) is 0. The Morgan fingerprint density at radius 3 is 1.93 bits per heavy atom. The van der Waals surface area contributed by atoms with Gasteiger partial charge in [0.25, 0.3) is 0 Å². The van der Waals surface area contributed by atoms with Crippen LogP contribution in [0, 0.1) is 0 Å². The molecule has 8 nitrogen and oxygen atoms in total. The second-order valence-electron chi connectivity index (χ2n) is 8.45. The van der Waals surface area contributed by atoms with Crippen LogP contribution in [0.25, 0.3) is 0 Å². The maximum absolute atomic E-state index is 12.3. The lowest BCUT2D eigenvalue weighted by atomic mass is 10.2. The van der Waals surface area contributed by atoms with Crippen LogP contribution in [0.15, 0.2) is 0 Å². The average molecular weight is 389 g/mol. The van der Waals surface area contributed by atoms with E-state index in [0.29, 0.717) is 38.9 Å². The number of rotatable bonds is 10. The molecule has 0 aliphatic heterocycles. The highest BCUT2D eigenvalue weighted by Crippen LogP contribution is 2.12. The van der Waals surface area contributed by atoms with Gasteiger partial charge >= 0.3 is 18.2 Å². The number of ether oxygens (including phenoxy) is 2. The van der Waals surface area contributed by atoms with Crippen LogP contribution in [0.5, 0.6) is 0 Å². The summed E-state index contributed by atoms with van der Waals surface area (Å²) in [7, 11) is 0. The van der Waals surface area contributed by atoms with Crippen molar-refractivity contribution in [2.75, 3.05) is 19.6 Å². The van der Waals surface area contributed by atoms with E-state index in [4.69, 9.17) is 14.6 Å². The molecule has 0 bridgehead atoms. The fourth-order valence-corrected chi connectivity index (χ4v) is 2.15. The summed E-state index contributed by atoms with van der Waals surface area (Å²) in [5.74, 6) is -0.813. The van der Waals surface area contributed by atoms with Crippen molar-refractivity contribution in [3.8, 4) is 0 Å². The largest absolute Gasteiger partial charge is 0.481 e. The minimum Gasteiger partial charge on any atom is -0.481 e. The zero-order chi connectivity index (χ0) is 21.1. The molecule has 0 radical (unpaired) electrons. The summed E-state index contributed by atoms with van der Waals surface area (Å²) in [6.07, 6.45) is 1.81. The first kappa shape index (κ1) is 25.0. The van der Waals surface area contributed by atoms with E-state index in [-0.39, 0.29) is 6.42 Å². The molecule has 0 heterocycles. The van der Waals surface area contributed by atoms with Crippen molar-refractivity contribution in [1.82, 2.24) is 10.2 Å². The minimum atomic E-state index is -0.813.